The summed E-state index contributed by atoms with van der Waals surface area (Å²) in [4.78, 5) is 37.3. The molecule has 154 valence electrons. The van der Waals surface area contributed by atoms with Crippen molar-refractivity contribution in [3.05, 3.63) is 11.8 Å². The lowest BCUT2D eigenvalue weighted by Crippen LogP contribution is -2.63. The molecule has 0 aliphatic carbocycles. The van der Waals surface area contributed by atoms with E-state index in [2.05, 4.69) is 4.74 Å². The molecule has 0 fully saturated rings. The van der Waals surface area contributed by atoms with Crippen molar-refractivity contribution < 1.29 is 37.0 Å². The van der Waals surface area contributed by atoms with Crippen LogP contribution in [-0.4, -0.2) is 67.2 Å². The van der Waals surface area contributed by atoms with Crippen LogP contribution in [0.2, 0.25) is 0 Å². The number of alkyl halides is 3. The van der Waals surface area contributed by atoms with Gasteiger partial charge in [-0.3, -0.25) is 9.59 Å². The lowest BCUT2D eigenvalue weighted by atomic mass is 9.97. The number of hydrogen-bond donors (Lipinski definition) is 2. The Kier molecular flexibility index (Phi) is 8.07. The van der Waals surface area contributed by atoms with Crippen molar-refractivity contribution in [2.75, 3.05) is 20.2 Å². The van der Waals surface area contributed by atoms with E-state index in [4.69, 9.17) is 10.5 Å². The Morgan fingerprint density at radius 2 is 1.81 bits per heavy atom. The molecule has 0 aromatic carbocycles. The Morgan fingerprint density at radius 1 is 1.26 bits per heavy atom. The normalized spacial score (nSPS) is 22.3. The predicted octanol–water partition coefficient (Wildman–Crippen LogP) is 0.465. The fraction of sp³-hybridized carbons (Fsp3) is 0.688. The van der Waals surface area contributed by atoms with Crippen molar-refractivity contribution in [3.8, 4) is 0 Å². The first-order chi connectivity index (χ1) is 12.6. The highest BCUT2D eigenvalue weighted by Crippen LogP contribution is 2.23. The van der Waals surface area contributed by atoms with Crippen molar-refractivity contribution in [3.63, 3.8) is 0 Å². The maximum atomic E-state index is 12.9. The molecule has 1 aliphatic rings. The Hall–Kier alpha value is -2.30. The molecule has 0 bridgehead atoms. The van der Waals surface area contributed by atoms with E-state index < -0.39 is 47.9 Å². The smallest absolute Gasteiger partial charge is 0.471 e. The van der Waals surface area contributed by atoms with Crippen LogP contribution in [0.1, 0.15) is 26.7 Å². The maximum absolute atomic E-state index is 12.9. The molecule has 0 aromatic heterocycles. The maximum Gasteiger partial charge on any atom is 0.471 e. The third-order valence-electron chi connectivity index (χ3n) is 3.82. The highest BCUT2D eigenvalue weighted by Gasteiger charge is 2.47. The van der Waals surface area contributed by atoms with Crippen LogP contribution < -0.4 is 11.1 Å². The second-order valence-corrected chi connectivity index (χ2v) is 5.96. The zero-order chi connectivity index (χ0) is 20.8. The SMILES string of the molecule is CCCN(CCC)C(=O)[C@@H]1OC(C(=O)OC)=C[C@H](N)[C@H]1NC(=O)C(F)(F)F. The summed E-state index contributed by atoms with van der Waals surface area (Å²) in [5, 5.41) is 1.70. The number of nitrogens with two attached hydrogens (primary N) is 1. The van der Waals surface area contributed by atoms with E-state index in [1.54, 1.807) is 5.32 Å². The summed E-state index contributed by atoms with van der Waals surface area (Å²) in [5.74, 6) is -4.25. The first kappa shape index (κ1) is 22.7. The first-order valence-electron chi connectivity index (χ1n) is 8.45. The molecule has 0 aromatic rings. The average molecular weight is 395 g/mol. The molecular weight excluding hydrogens is 371 g/mol. The van der Waals surface area contributed by atoms with Gasteiger partial charge in [0.1, 0.15) is 0 Å². The highest BCUT2D eigenvalue weighted by molar-refractivity contribution is 5.90. The number of ether oxygens (including phenoxy) is 2. The number of nitrogens with zero attached hydrogens (tertiary/aromatic N) is 1. The molecule has 0 radical (unpaired) electrons. The van der Waals surface area contributed by atoms with Crippen LogP contribution in [0.15, 0.2) is 11.8 Å². The van der Waals surface area contributed by atoms with E-state index in [0.717, 1.165) is 13.2 Å². The molecule has 3 atom stereocenters. The third-order valence-corrected chi connectivity index (χ3v) is 3.82. The lowest BCUT2D eigenvalue weighted by molar-refractivity contribution is -0.176. The molecule has 8 nitrogen and oxygen atoms in total. The van der Waals surface area contributed by atoms with Crippen LogP contribution in [0.4, 0.5) is 13.2 Å². The molecule has 11 heteroatoms. The van der Waals surface area contributed by atoms with Crippen LogP contribution in [-0.2, 0) is 23.9 Å². The number of carbonyl (C=O) groups excluding carboxylic acids is 3. The number of carbonyl (C=O) groups is 3. The van der Waals surface area contributed by atoms with Gasteiger partial charge in [0.25, 0.3) is 5.91 Å². The number of hydrogen-bond acceptors (Lipinski definition) is 6. The van der Waals surface area contributed by atoms with E-state index in [9.17, 15) is 27.6 Å². The molecule has 0 saturated carbocycles. The van der Waals surface area contributed by atoms with E-state index in [1.807, 2.05) is 13.8 Å². The zero-order valence-corrected chi connectivity index (χ0v) is 15.3. The summed E-state index contributed by atoms with van der Waals surface area (Å²) in [6.45, 7) is 4.32. The number of methoxy groups -OCH3 is 1. The van der Waals surface area contributed by atoms with Gasteiger partial charge in [-0.2, -0.15) is 13.2 Å². The van der Waals surface area contributed by atoms with Gasteiger partial charge in [0.05, 0.1) is 19.2 Å². The van der Waals surface area contributed by atoms with E-state index in [-0.39, 0.29) is 0 Å². The second-order valence-electron chi connectivity index (χ2n) is 5.96. The molecule has 0 unspecified atom stereocenters. The molecule has 3 N–H and O–H groups in total. The summed E-state index contributed by atoms with van der Waals surface area (Å²) < 4.78 is 47.7. The molecule has 27 heavy (non-hydrogen) atoms. The van der Waals surface area contributed by atoms with Crippen LogP contribution in [0.5, 0.6) is 0 Å². The van der Waals surface area contributed by atoms with E-state index >= 15 is 0 Å². The van der Waals surface area contributed by atoms with Gasteiger partial charge in [0, 0.05) is 13.1 Å². The number of amides is 2. The largest absolute Gasteiger partial charge is 0.471 e. The summed E-state index contributed by atoms with van der Waals surface area (Å²) in [7, 11) is 1.08. The molecule has 0 saturated heterocycles. The molecule has 1 heterocycles. The van der Waals surface area contributed by atoms with Gasteiger partial charge in [-0.25, -0.2) is 4.79 Å². The Balaban J connectivity index is 3.21. The van der Waals surface area contributed by atoms with Crippen molar-refractivity contribution in [2.24, 2.45) is 5.73 Å². The number of nitrogens with one attached hydrogen (secondary N) is 1. The third kappa shape index (κ3) is 5.84. The molecule has 1 rings (SSSR count). The first-order valence-corrected chi connectivity index (χ1v) is 8.45. The van der Waals surface area contributed by atoms with Crippen molar-refractivity contribution in [1.82, 2.24) is 10.2 Å². The fourth-order valence-corrected chi connectivity index (χ4v) is 2.61. The highest BCUT2D eigenvalue weighted by atomic mass is 19.4. The Morgan fingerprint density at radius 3 is 2.26 bits per heavy atom. The van der Waals surface area contributed by atoms with E-state index in [0.29, 0.717) is 25.9 Å². The van der Waals surface area contributed by atoms with E-state index in [1.165, 1.54) is 4.90 Å². The van der Waals surface area contributed by atoms with Gasteiger partial charge in [-0.15, -0.1) is 0 Å². The van der Waals surface area contributed by atoms with Gasteiger partial charge in [0.15, 0.2) is 6.10 Å². The van der Waals surface area contributed by atoms with Crippen molar-refractivity contribution in [2.45, 2.75) is 51.1 Å². The summed E-state index contributed by atoms with van der Waals surface area (Å²) in [5.41, 5.74) is 5.81. The molecule has 0 spiro atoms. The quantitative estimate of drug-likeness (QED) is 0.606. The summed E-state index contributed by atoms with van der Waals surface area (Å²) in [6.07, 6.45) is -4.54. The van der Waals surface area contributed by atoms with Gasteiger partial charge >= 0.3 is 18.1 Å². The van der Waals surface area contributed by atoms with Gasteiger partial charge in [-0.05, 0) is 18.9 Å². The van der Waals surface area contributed by atoms with Gasteiger partial charge in [-0.1, -0.05) is 13.8 Å². The fourth-order valence-electron chi connectivity index (χ4n) is 2.61. The average Bonchev–Trinajstić information content (AvgIpc) is 2.60. The van der Waals surface area contributed by atoms with Gasteiger partial charge in [0.2, 0.25) is 5.76 Å². The minimum absolute atomic E-state index is 0.332. The van der Waals surface area contributed by atoms with Crippen molar-refractivity contribution in [1.29, 1.82) is 0 Å². The summed E-state index contributed by atoms with van der Waals surface area (Å²) >= 11 is 0. The molecular formula is C16H24F3N3O5. The summed E-state index contributed by atoms with van der Waals surface area (Å²) in [6, 6.07) is -2.77. The predicted molar refractivity (Wildman–Crippen MR) is 88.1 cm³/mol. The second kappa shape index (κ2) is 9.58. The van der Waals surface area contributed by atoms with Crippen LogP contribution in [0.25, 0.3) is 0 Å². The topological polar surface area (TPSA) is 111 Å². The lowest BCUT2D eigenvalue weighted by Gasteiger charge is -2.37. The van der Waals surface area contributed by atoms with Crippen LogP contribution in [0.3, 0.4) is 0 Å². The van der Waals surface area contributed by atoms with Crippen LogP contribution in [0, 0.1) is 0 Å². The Labute approximate surface area is 154 Å². The Bertz CT molecular complexity index is 588. The monoisotopic (exact) mass is 395 g/mol. The number of halogens is 3. The standard InChI is InChI=1S/C16H24F3N3O5/c1-4-6-22(7-5-2)13(23)12-11(21-15(25)16(17,18)19)9(20)8-10(27-12)14(24)26-3/h8-9,11-12H,4-7,20H2,1-3H3,(H,21,25)/t9-,11+,12+/m0/s1. The molecule has 2 amide bonds. The van der Waals surface area contributed by atoms with Crippen LogP contribution >= 0.6 is 0 Å². The van der Waals surface area contributed by atoms with Crippen molar-refractivity contribution >= 4 is 17.8 Å². The zero-order valence-electron chi connectivity index (χ0n) is 15.3. The minimum Gasteiger partial charge on any atom is -0.471 e. The minimum atomic E-state index is -5.16. The number of rotatable bonds is 7. The van der Waals surface area contributed by atoms with Gasteiger partial charge < -0.3 is 25.4 Å². The molecule has 1 aliphatic heterocycles. The number of esters is 1.